The standard InChI is InChI=1S/C26H24FN3O4/c1-17-4-3-5-21(14-17)30-25(32)23(15-24(31)28-20-10-12-22(34-2)13-11-20)29(26(30)33)16-18-6-8-19(27)9-7-18/h3-14,23H,15-16H2,1-2H3,(H,28,31)/t23-/m1/s1. The predicted octanol–water partition coefficient (Wildman–Crippen LogP) is 4.51. The number of halogens is 1. The van der Waals surface area contributed by atoms with Gasteiger partial charge in [0.2, 0.25) is 5.91 Å². The van der Waals surface area contributed by atoms with Crippen LogP contribution in [0.15, 0.2) is 72.8 Å². The summed E-state index contributed by atoms with van der Waals surface area (Å²) in [7, 11) is 1.55. The fourth-order valence-electron chi connectivity index (χ4n) is 3.87. The minimum Gasteiger partial charge on any atom is -0.497 e. The van der Waals surface area contributed by atoms with Crippen molar-refractivity contribution in [2.24, 2.45) is 0 Å². The number of carbonyl (C=O) groups is 3. The van der Waals surface area contributed by atoms with E-state index in [0.29, 0.717) is 22.7 Å². The Hall–Kier alpha value is -4.20. The lowest BCUT2D eigenvalue weighted by Gasteiger charge is -2.21. The lowest BCUT2D eigenvalue weighted by molar-refractivity contribution is -0.124. The molecule has 0 spiro atoms. The first kappa shape index (κ1) is 23.0. The van der Waals surface area contributed by atoms with Crippen LogP contribution in [0.25, 0.3) is 0 Å². The minimum absolute atomic E-state index is 0.0631. The molecule has 1 saturated heterocycles. The number of ether oxygens (including phenoxy) is 1. The zero-order chi connectivity index (χ0) is 24.2. The van der Waals surface area contributed by atoms with Gasteiger partial charge in [0, 0.05) is 12.2 Å². The minimum atomic E-state index is -1.00. The van der Waals surface area contributed by atoms with Gasteiger partial charge in [0.15, 0.2) is 0 Å². The molecular weight excluding hydrogens is 437 g/mol. The third-order valence-electron chi connectivity index (χ3n) is 5.60. The predicted molar refractivity (Wildman–Crippen MR) is 126 cm³/mol. The van der Waals surface area contributed by atoms with Gasteiger partial charge in [-0.2, -0.15) is 0 Å². The van der Waals surface area contributed by atoms with Gasteiger partial charge < -0.3 is 15.0 Å². The van der Waals surface area contributed by atoms with Crippen LogP contribution in [0.3, 0.4) is 0 Å². The molecule has 4 amide bonds. The molecule has 1 aliphatic heterocycles. The van der Waals surface area contributed by atoms with E-state index in [1.165, 1.54) is 17.0 Å². The molecule has 1 N–H and O–H groups in total. The van der Waals surface area contributed by atoms with E-state index in [0.717, 1.165) is 10.5 Å². The van der Waals surface area contributed by atoms with Gasteiger partial charge in [-0.25, -0.2) is 14.1 Å². The molecule has 1 heterocycles. The molecule has 1 fully saturated rings. The van der Waals surface area contributed by atoms with Crippen molar-refractivity contribution in [1.82, 2.24) is 4.90 Å². The molecule has 4 rings (SSSR count). The molecule has 0 bridgehead atoms. The first-order valence-electron chi connectivity index (χ1n) is 10.8. The van der Waals surface area contributed by atoms with Crippen molar-refractivity contribution in [3.05, 3.63) is 89.7 Å². The molecular formula is C26H24FN3O4. The Morgan fingerprint density at radius 3 is 2.38 bits per heavy atom. The monoisotopic (exact) mass is 461 g/mol. The van der Waals surface area contributed by atoms with Crippen molar-refractivity contribution in [3.63, 3.8) is 0 Å². The van der Waals surface area contributed by atoms with Gasteiger partial charge in [0.05, 0.1) is 19.2 Å². The highest BCUT2D eigenvalue weighted by Gasteiger charge is 2.46. The van der Waals surface area contributed by atoms with Crippen LogP contribution in [-0.2, 0) is 16.1 Å². The number of benzene rings is 3. The van der Waals surface area contributed by atoms with E-state index in [1.807, 2.05) is 13.0 Å². The highest BCUT2D eigenvalue weighted by Crippen LogP contribution is 2.29. The number of carbonyl (C=O) groups excluding carboxylic acids is 3. The Balaban J connectivity index is 1.59. The average molecular weight is 461 g/mol. The Bertz CT molecular complexity index is 1210. The Morgan fingerprint density at radius 1 is 1.03 bits per heavy atom. The third kappa shape index (κ3) is 4.91. The highest BCUT2D eigenvalue weighted by molar-refractivity contribution is 6.22. The number of hydrogen-bond donors (Lipinski definition) is 1. The van der Waals surface area contributed by atoms with Crippen LogP contribution in [0.5, 0.6) is 5.75 Å². The van der Waals surface area contributed by atoms with Gasteiger partial charge in [-0.3, -0.25) is 9.59 Å². The Morgan fingerprint density at radius 2 is 1.74 bits per heavy atom. The average Bonchev–Trinajstić information content (AvgIpc) is 3.04. The van der Waals surface area contributed by atoms with E-state index in [9.17, 15) is 18.8 Å². The summed E-state index contributed by atoms with van der Waals surface area (Å²) in [6.07, 6.45) is -0.222. The van der Waals surface area contributed by atoms with Crippen LogP contribution in [0.2, 0.25) is 0 Å². The number of methoxy groups -OCH3 is 1. The molecule has 0 aromatic heterocycles. The van der Waals surface area contributed by atoms with Crippen molar-refractivity contribution < 1.29 is 23.5 Å². The maximum Gasteiger partial charge on any atom is 0.332 e. The summed E-state index contributed by atoms with van der Waals surface area (Å²) < 4.78 is 18.5. The lowest BCUT2D eigenvalue weighted by Crippen LogP contribution is -2.37. The van der Waals surface area contributed by atoms with Crippen LogP contribution < -0.4 is 15.0 Å². The van der Waals surface area contributed by atoms with E-state index in [-0.39, 0.29) is 13.0 Å². The van der Waals surface area contributed by atoms with Gasteiger partial charge in [-0.05, 0) is 66.6 Å². The quantitative estimate of drug-likeness (QED) is 0.525. The van der Waals surface area contributed by atoms with E-state index in [4.69, 9.17) is 4.74 Å². The maximum absolute atomic E-state index is 13.4. The molecule has 3 aromatic rings. The summed E-state index contributed by atoms with van der Waals surface area (Å²) in [6.45, 7) is 1.93. The topological polar surface area (TPSA) is 79.0 Å². The number of nitrogens with zero attached hydrogens (tertiary/aromatic N) is 2. The van der Waals surface area contributed by atoms with Gasteiger partial charge in [0.1, 0.15) is 17.6 Å². The normalized spacial score (nSPS) is 15.6. The number of imide groups is 1. The first-order chi connectivity index (χ1) is 16.4. The number of amides is 4. The first-order valence-corrected chi connectivity index (χ1v) is 10.8. The van der Waals surface area contributed by atoms with E-state index in [2.05, 4.69) is 5.32 Å². The van der Waals surface area contributed by atoms with Crippen molar-refractivity contribution in [2.45, 2.75) is 25.9 Å². The molecule has 34 heavy (non-hydrogen) atoms. The molecule has 3 aromatic carbocycles. The number of nitrogens with one attached hydrogen (secondary N) is 1. The lowest BCUT2D eigenvalue weighted by atomic mass is 10.1. The fraction of sp³-hybridized carbons (Fsp3) is 0.192. The van der Waals surface area contributed by atoms with Crippen molar-refractivity contribution in [1.29, 1.82) is 0 Å². The Kier molecular flexibility index (Phi) is 6.58. The molecule has 1 aliphatic rings. The largest absolute Gasteiger partial charge is 0.497 e. The SMILES string of the molecule is COc1ccc(NC(=O)C[C@@H]2C(=O)N(c3cccc(C)c3)C(=O)N2Cc2ccc(F)cc2)cc1. The summed E-state index contributed by atoms with van der Waals surface area (Å²) in [5, 5.41) is 2.76. The molecule has 0 aliphatic carbocycles. The summed E-state index contributed by atoms with van der Waals surface area (Å²) in [6, 6.07) is 18.0. The summed E-state index contributed by atoms with van der Waals surface area (Å²) in [4.78, 5) is 42.0. The van der Waals surface area contributed by atoms with Crippen LogP contribution in [0.1, 0.15) is 17.5 Å². The van der Waals surface area contributed by atoms with Gasteiger partial charge in [0.25, 0.3) is 5.91 Å². The third-order valence-corrected chi connectivity index (χ3v) is 5.60. The number of rotatable bonds is 7. The second kappa shape index (κ2) is 9.74. The summed E-state index contributed by atoms with van der Waals surface area (Å²) in [5.74, 6) is -0.646. The summed E-state index contributed by atoms with van der Waals surface area (Å²) in [5.41, 5.74) is 2.53. The smallest absolute Gasteiger partial charge is 0.332 e. The van der Waals surface area contributed by atoms with Crippen molar-refractivity contribution in [2.75, 3.05) is 17.3 Å². The van der Waals surface area contributed by atoms with E-state index in [1.54, 1.807) is 61.7 Å². The number of urea groups is 1. The van der Waals surface area contributed by atoms with Crippen molar-refractivity contribution >= 4 is 29.2 Å². The zero-order valence-corrected chi connectivity index (χ0v) is 18.8. The molecule has 0 unspecified atom stereocenters. The van der Waals surface area contributed by atoms with Crippen molar-refractivity contribution in [3.8, 4) is 5.75 Å². The fourth-order valence-corrected chi connectivity index (χ4v) is 3.87. The van der Waals surface area contributed by atoms with Crippen LogP contribution in [-0.4, -0.2) is 35.9 Å². The second-order valence-electron chi connectivity index (χ2n) is 8.05. The number of anilines is 2. The van der Waals surface area contributed by atoms with Gasteiger partial charge >= 0.3 is 6.03 Å². The molecule has 0 saturated carbocycles. The number of hydrogen-bond acceptors (Lipinski definition) is 4. The molecule has 0 radical (unpaired) electrons. The van der Waals surface area contributed by atoms with Gasteiger partial charge in [-0.15, -0.1) is 0 Å². The molecule has 7 nitrogen and oxygen atoms in total. The number of aryl methyl sites for hydroxylation is 1. The Labute approximate surface area is 196 Å². The molecule has 1 atom stereocenters. The maximum atomic E-state index is 13.4. The van der Waals surface area contributed by atoms with E-state index < -0.39 is 29.7 Å². The highest BCUT2D eigenvalue weighted by atomic mass is 19.1. The van der Waals surface area contributed by atoms with E-state index >= 15 is 0 Å². The van der Waals surface area contributed by atoms with Crippen LogP contribution in [0, 0.1) is 12.7 Å². The van der Waals surface area contributed by atoms with Gasteiger partial charge in [-0.1, -0.05) is 24.3 Å². The van der Waals surface area contributed by atoms with Crippen LogP contribution in [0.4, 0.5) is 20.6 Å². The molecule has 174 valence electrons. The second-order valence-corrected chi connectivity index (χ2v) is 8.05. The zero-order valence-electron chi connectivity index (χ0n) is 18.8. The molecule has 8 heteroatoms. The van der Waals surface area contributed by atoms with Crippen LogP contribution >= 0.6 is 0 Å². The summed E-state index contributed by atoms with van der Waals surface area (Å²) >= 11 is 0.